The number of hydrogen-bond donors (Lipinski definition) is 1. The molecule has 0 saturated carbocycles. The summed E-state index contributed by atoms with van der Waals surface area (Å²) in [5, 5.41) is 2.74. The Kier molecular flexibility index (Phi) is 7.10. The minimum atomic E-state index is -0.449. The first-order valence-corrected chi connectivity index (χ1v) is 6.40. The fourth-order valence-electron chi connectivity index (χ4n) is 1.29. The summed E-state index contributed by atoms with van der Waals surface area (Å²) >= 11 is 0. The van der Waals surface area contributed by atoms with Crippen molar-refractivity contribution in [2.45, 2.75) is 53.7 Å². The Hall–Kier alpha value is -1.51. The van der Waals surface area contributed by atoms with Gasteiger partial charge in [0.25, 0.3) is 0 Å². The molecule has 1 N–H and O–H groups in total. The molecule has 1 aromatic rings. The van der Waals surface area contributed by atoms with Crippen molar-refractivity contribution >= 4 is 6.09 Å². The van der Waals surface area contributed by atoms with E-state index in [1.54, 1.807) is 0 Å². The molecule has 0 aromatic heterocycles. The lowest BCUT2D eigenvalue weighted by atomic mass is 10.1. The van der Waals surface area contributed by atoms with Crippen molar-refractivity contribution in [3.63, 3.8) is 0 Å². The van der Waals surface area contributed by atoms with Gasteiger partial charge in [0.2, 0.25) is 0 Å². The number of rotatable bonds is 2. The van der Waals surface area contributed by atoms with E-state index in [0.717, 1.165) is 5.56 Å². The first kappa shape index (κ1) is 16.5. The van der Waals surface area contributed by atoms with Gasteiger partial charge in [-0.25, -0.2) is 4.79 Å². The molecule has 1 amide bonds. The molecule has 18 heavy (non-hydrogen) atoms. The first-order chi connectivity index (χ1) is 8.38. The third kappa shape index (κ3) is 6.94. The monoisotopic (exact) mass is 253 g/mol. The number of carbonyl (C=O) groups excluding carboxylic acids is 1. The van der Waals surface area contributed by atoms with Crippen LogP contribution >= 0.6 is 0 Å². The second-order valence-corrected chi connectivity index (χ2v) is 4.78. The molecule has 0 bridgehead atoms. The second kappa shape index (κ2) is 7.75. The molecule has 0 radical (unpaired) electrons. The predicted molar refractivity (Wildman–Crippen MR) is 77.7 cm³/mol. The average molecular weight is 253 g/mol. The van der Waals surface area contributed by atoms with Crippen LogP contribution in [-0.2, 0) is 11.3 Å². The van der Waals surface area contributed by atoms with E-state index >= 15 is 0 Å². The Labute approximate surface area is 112 Å². The molecule has 0 aliphatic carbocycles. The third-order valence-corrected chi connectivity index (χ3v) is 2.08. The molecule has 3 heteroatoms. The second-order valence-electron chi connectivity index (χ2n) is 4.78. The Morgan fingerprint density at radius 2 is 1.83 bits per heavy atom. The molecule has 0 atom stereocenters. The third-order valence-electron chi connectivity index (χ3n) is 2.08. The van der Waals surface area contributed by atoms with E-state index in [4.69, 9.17) is 4.74 Å². The molecule has 3 nitrogen and oxygen atoms in total. The van der Waals surface area contributed by atoms with E-state index in [1.807, 2.05) is 65.8 Å². The van der Waals surface area contributed by atoms with E-state index in [1.165, 1.54) is 5.56 Å². The van der Waals surface area contributed by atoms with Crippen LogP contribution in [0.2, 0.25) is 0 Å². The Morgan fingerprint density at radius 3 is 2.33 bits per heavy atom. The minimum absolute atomic E-state index is 0. The summed E-state index contributed by atoms with van der Waals surface area (Å²) in [5.41, 5.74) is 1.82. The molecule has 0 fully saturated rings. The summed E-state index contributed by atoms with van der Waals surface area (Å²) in [6.45, 7) is 12.1. The first-order valence-electron chi connectivity index (χ1n) is 6.40. The van der Waals surface area contributed by atoms with E-state index < -0.39 is 5.60 Å². The lowest BCUT2D eigenvalue weighted by Gasteiger charge is -2.19. The summed E-state index contributed by atoms with van der Waals surface area (Å²) < 4.78 is 5.15. The number of nitrogens with one attached hydrogen (secondary N) is 1. The molecule has 0 spiro atoms. The van der Waals surface area contributed by atoms with Crippen molar-refractivity contribution in [1.29, 1.82) is 0 Å². The van der Waals surface area contributed by atoms with Crippen LogP contribution < -0.4 is 5.32 Å². The quantitative estimate of drug-likeness (QED) is 0.853. The van der Waals surface area contributed by atoms with Gasteiger partial charge in [0.05, 0.1) is 0 Å². The van der Waals surface area contributed by atoms with Crippen LogP contribution in [0.4, 0.5) is 4.79 Å². The maximum absolute atomic E-state index is 11.4. The smallest absolute Gasteiger partial charge is 0.407 e. The number of carbonyl (C=O) groups is 1. The minimum Gasteiger partial charge on any atom is -0.444 e. The van der Waals surface area contributed by atoms with Crippen molar-refractivity contribution in [2.75, 3.05) is 0 Å². The number of amides is 1. The van der Waals surface area contributed by atoms with Crippen molar-refractivity contribution in [3.8, 4) is 0 Å². The van der Waals surface area contributed by atoms with E-state index in [2.05, 4.69) is 5.32 Å². The summed E-state index contributed by atoms with van der Waals surface area (Å²) in [7, 11) is 0. The fraction of sp³-hybridized carbons (Fsp3) is 0.533. The number of aryl methyl sites for hydroxylation is 1. The normalized spacial score (nSPS) is 10.1. The largest absolute Gasteiger partial charge is 0.444 e. The van der Waals surface area contributed by atoms with Gasteiger partial charge in [-0.2, -0.15) is 0 Å². The van der Waals surface area contributed by atoms with Gasteiger partial charge in [-0.3, -0.25) is 0 Å². The van der Waals surface area contributed by atoms with E-state index in [0.29, 0.717) is 6.54 Å². The molecule has 0 aliphatic heterocycles. The summed E-state index contributed by atoms with van der Waals surface area (Å²) in [5.74, 6) is 0. The SMILES string of the molecule is CC.Cc1ccccc1CNC(=O)OC(C)(C)C.[HH]. The van der Waals surface area contributed by atoms with Gasteiger partial charge >= 0.3 is 6.09 Å². The highest BCUT2D eigenvalue weighted by Gasteiger charge is 2.15. The van der Waals surface area contributed by atoms with Gasteiger partial charge in [0.1, 0.15) is 5.60 Å². The van der Waals surface area contributed by atoms with Crippen molar-refractivity contribution in [3.05, 3.63) is 35.4 Å². The highest BCUT2D eigenvalue weighted by molar-refractivity contribution is 5.67. The Morgan fingerprint density at radius 1 is 1.28 bits per heavy atom. The highest BCUT2D eigenvalue weighted by Crippen LogP contribution is 2.08. The number of ether oxygens (including phenoxy) is 1. The zero-order valence-electron chi connectivity index (χ0n) is 12.3. The van der Waals surface area contributed by atoms with Crippen molar-refractivity contribution in [1.82, 2.24) is 5.32 Å². The van der Waals surface area contributed by atoms with Gasteiger partial charge < -0.3 is 10.1 Å². The van der Waals surface area contributed by atoms with Crippen LogP contribution in [0, 0.1) is 6.92 Å². The van der Waals surface area contributed by atoms with Gasteiger partial charge in [-0.05, 0) is 38.8 Å². The summed E-state index contributed by atoms with van der Waals surface area (Å²) in [4.78, 5) is 11.4. The number of alkyl carbamates (subject to hydrolysis) is 1. The van der Waals surface area contributed by atoms with Crippen molar-refractivity contribution < 1.29 is 11.0 Å². The average Bonchev–Trinajstić information content (AvgIpc) is 2.28. The molecule has 1 aromatic carbocycles. The molecular formula is C15H27NO2. The van der Waals surface area contributed by atoms with E-state index in [-0.39, 0.29) is 7.52 Å². The van der Waals surface area contributed by atoms with Crippen LogP contribution in [0.5, 0.6) is 0 Å². The Bertz CT molecular complexity index is 373. The van der Waals surface area contributed by atoms with Gasteiger partial charge in [0.15, 0.2) is 0 Å². The number of benzene rings is 1. The molecule has 104 valence electrons. The van der Waals surface area contributed by atoms with Crippen LogP contribution in [0.15, 0.2) is 24.3 Å². The molecule has 1 rings (SSSR count). The van der Waals surface area contributed by atoms with Crippen LogP contribution in [-0.4, -0.2) is 11.7 Å². The molecule has 0 saturated heterocycles. The highest BCUT2D eigenvalue weighted by atomic mass is 16.6. The molecule has 0 aliphatic rings. The van der Waals surface area contributed by atoms with Crippen LogP contribution in [0.25, 0.3) is 0 Å². The summed E-state index contributed by atoms with van der Waals surface area (Å²) in [6, 6.07) is 7.95. The predicted octanol–water partition coefficient (Wildman–Crippen LogP) is 4.29. The lowest BCUT2D eigenvalue weighted by Crippen LogP contribution is -2.32. The Balaban J connectivity index is 0. The fourth-order valence-corrected chi connectivity index (χ4v) is 1.29. The van der Waals surface area contributed by atoms with Gasteiger partial charge in [-0.15, -0.1) is 0 Å². The summed E-state index contributed by atoms with van der Waals surface area (Å²) in [6.07, 6.45) is -0.379. The number of hydrogen-bond acceptors (Lipinski definition) is 2. The van der Waals surface area contributed by atoms with Gasteiger partial charge in [-0.1, -0.05) is 38.1 Å². The molecule has 0 unspecified atom stereocenters. The zero-order valence-corrected chi connectivity index (χ0v) is 12.3. The van der Waals surface area contributed by atoms with Crippen LogP contribution in [0.1, 0.15) is 47.2 Å². The maximum Gasteiger partial charge on any atom is 0.407 e. The maximum atomic E-state index is 11.4. The van der Waals surface area contributed by atoms with Gasteiger partial charge in [0, 0.05) is 7.97 Å². The lowest BCUT2D eigenvalue weighted by molar-refractivity contribution is 0.0523. The van der Waals surface area contributed by atoms with Crippen LogP contribution in [0.3, 0.4) is 0 Å². The molecular weight excluding hydrogens is 226 g/mol. The molecule has 0 heterocycles. The topological polar surface area (TPSA) is 38.3 Å². The van der Waals surface area contributed by atoms with Crippen molar-refractivity contribution in [2.24, 2.45) is 0 Å². The van der Waals surface area contributed by atoms with E-state index in [9.17, 15) is 4.79 Å². The zero-order chi connectivity index (χ0) is 14.2. The standard InChI is InChI=1S/C13H19NO2.C2H6.H2/c1-10-7-5-6-8-11(10)9-14-12(15)16-13(2,3)4;1-2;/h5-8H,9H2,1-4H3,(H,14,15);1-2H3;1H.